The minimum absolute atomic E-state index is 0.172. The first-order valence-corrected chi connectivity index (χ1v) is 10.5. The van der Waals surface area contributed by atoms with Crippen molar-refractivity contribution in [2.45, 2.75) is 47.4 Å². The molecule has 2 aromatic heterocycles. The predicted octanol–water partition coefficient (Wildman–Crippen LogP) is 5.31. The maximum absolute atomic E-state index is 12.4. The van der Waals surface area contributed by atoms with Crippen LogP contribution in [0.25, 0.3) is 22.3 Å². The predicted molar refractivity (Wildman–Crippen MR) is 122 cm³/mol. The molecule has 1 N–H and O–H groups in total. The summed E-state index contributed by atoms with van der Waals surface area (Å²) in [5.74, 6) is 0.611. The molecule has 0 saturated carbocycles. The highest BCUT2D eigenvalue weighted by Gasteiger charge is 2.14. The fourth-order valence-electron chi connectivity index (χ4n) is 3.73. The molecule has 2 heterocycles. The van der Waals surface area contributed by atoms with E-state index in [2.05, 4.69) is 58.9 Å². The summed E-state index contributed by atoms with van der Waals surface area (Å²) < 4.78 is 9.28. The third kappa shape index (κ3) is 4.30. The van der Waals surface area contributed by atoms with Crippen LogP contribution in [0.3, 0.4) is 0 Å². The first-order valence-electron chi connectivity index (χ1n) is 10.5. The zero-order valence-electron chi connectivity index (χ0n) is 18.3. The van der Waals surface area contributed by atoms with Gasteiger partial charge < -0.3 is 9.30 Å². The first-order chi connectivity index (χ1) is 15.0. The molecule has 0 radical (unpaired) electrons. The van der Waals surface area contributed by atoms with Gasteiger partial charge in [-0.05, 0) is 51.0 Å². The summed E-state index contributed by atoms with van der Waals surface area (Å²) in [6.45, 7) is 9.87. The number of anilines is 1. The quantitative estimate of drug-likeness (QED) is 0.462. The van der Waals surface area contributed by atoms with Crippen LogP contribution in [0, 0.1) is 13.8 Å². The van der Waals surface area contributed by atoms with Crippen molar-refractivity contribution in [2.75, 3.05) is 5.32 Å². The van der Waals surface area contributed by atoms with Crippen LogP contribution in [-0.2, 0) is 24.4 Å². The third-order valence-electron chi connectivity index (χ3n) is 5.36. The van der Waals surface area contributed by atoms with Crippen LogP contribution in [0.15, 0.2) is 48.8 Å². The molecule has 0 spiro atoms. The van der Waals surface area contributed by atoms with Gasteiger partial charge in [-0.15, -0.1) is 0 Å². The summed E-state index contributed by atoms with van der Waals surface area (Å²) >= 11 is 0. The third-order valence-corrected chi connectivity index (χ3v) is 5.36. The Bertz CT molecular complexity index is 1240. The van der Waals surface area contributed by atoms with E-state index in [1.54, 1.807) is 4.68 Å². The lowest BCUT2D eigenvalue weighted by molar-refractivity contribution is 0.155. The molecule has 0 aliphatic rings. The topological polar surface area (TPSA) is 74.0 Å². The molecule has 0 fully saturated rings. The molecule has 4 rings (SSSR count). The van der Waals surface area contributed by atoms with Crippen molar-refractivity contribution in [3.8, 4) is 11.3 Å². The number of aromatic nitrogens is 4. The van der Waals surface area contributed by atoms with E-state index in [9.17, 15) is 4.79 Å². The lowest BCUT2D eigenvalue weighted by Gasteiger charge is -2.08. The molecule has 1 amide bonds. The van der Waals surface area contributed by atoms with E-state index in [0.29, 0.717) is 12.4 Å². The van der Waals surface area contributed by atoms with Crippen LogP contribution in [0.2, 0.25) is 0 Å². The smallest absolute Gasteiger partial charge is 0.413 e. The van der Waals surface area contributed by atoms with E-state index in [4.69, 9.17) is 4.74 Å². The van der Waals surface area contributed by atoms with Gasteiger partial charge in [0.25, 0.3) is 0 Å². The number of amides is 1. The normalized spacial score (nSPS) is 11.1. The molecular formula is C24H27N5O2. The van der Waals surface area contributed by atoms with E-state index >= 15 is 0 Å². The number of nitrogens with zero attached hydrogens (tertiary/aromatic N) is 4. The summed E-state index contributed by atoms with van der Waals surface area (Å²) in [6, 6.07) is 14.0. The van der Waals surface area contributed by atoms with Crippen LogP contribution in [0.4, 0.5) is 10.6 Å². The summed E-state index contributed by atoms with van der Waals surface area (Å²) in [4.78, 5) is 16.8. The fraction of sp³-hybridized carbons (Fsp3) is 0.292. The number of hydrogen-bond acceptors (Lipinski definition) is 4. The van der Waals surface area contributed by atoms with Gasteiger partial charge in [-0.3, -0.25) is 5.32 Å². The van der Waals surface area contributed by atoms with Crippen molar-refractivity contribution < 1.29 is 9.53 Å². The molecule has 160 valence electrons. The van der Waals surface area contributed by atoms with Crippen LogP contribution in [-0.4, -0.2) is 25.4 Å². The molecule has 0 bridgehead atoms. The van der Waals surface area contributed by atoms with Gasteiger partial charge in [-0.1, -0.05) is 29.8 Å². The molecule has 0 unspecified atom stereocenters. The number of rotatable bonds is 6. The molecule has 0 atom stereocenters. The molecule has 31 heavy (non-hydrogen) atoms. The van der Waals surface area contributed by atoms with E-state index in [0.717, 1.165) is 40.0 Å². The molecular weight excluding hydrogens is 390 g/mol. The number of carbonyl (C=O) groups is 1. The van der Waals surface area contributed by atoms with Crippen LogP contribution < -0.4 is 5.32 Å². The minimum Gasteiger partial charge on any atom is -0.444 e. The Morgan fingerprint density at radius 2 is 1.90 bits per heavy atom. The van der Waals surface area contributed by atoms with Gasteiger partial charge in [-0.25, -0.2) is 14.5 Å². The summed E-state index contributed by atoms with van der Waals surface area (Å²) in [5, 5.41) is 7.46. The Balaban J connectivity index is 1.45. The number of ether oxygens (including phenoxy) is 1. The highest BCUT2D eigenvalue weighted by Crippen LogP contribution is 2.26. The summed E-state index contributed by atoms with van der Waals surface area (Å²) in [5.41, 5.74) is 7.09. The second-order valence-electron chi connectivity index (χ2n) is 7.60. The molecule has 0 aliphatic carbocycles. The van der Waals surface area contributed by atoms with E-state index < -0.39 is 6.09 Å². The average Bonchev–Trinajstić information content (AvgIpc) is 3.35. The Kier molecular flexibility index (Phi) is 5.75. The molecule has 2 aromatic carbocycles. The van der Waals surface area contributed by atoms with E-state index in [1.807, 2.05) is 37.5 Å². The van der Waals surface area contributed by atoms with Gasteiger partial charge in [0.05, 0.1) is 23.1 Å². The van der Waals surface area contributed by atoms with Crippen molar-refractivity contribution in [1.29, 1.82) is 0 Å². The Labute approximate surface area is 181 Å². The summed E-state index contributed by atoms with van der Waals surface area (Å²) in [7, 11) is 0. The summed E-state index contributed by atoms with van der Waals surface area (Å²) in [6.07, 6.45) is 1.31. The standard InChI is InChI=1S/C24H27N5O2/c1-5-28-15-25-21-12-18(8-10-22(21)28)14-31-24(30)26-23-13-20(27-29(23)6-2)19-9-7-16(3)11-17(19)4/h7-13,15H,5-6,14H2,1-4H3,(H,26,30). The second kappa shape index (κ2) is 8.63. The van der Waals surface area contributed by atoms with Gasteiger partial charge in [0, 0.05) is 24.7 Å². The number of aryl methyl sites for hydroxylation is 4. The molecule has 7 heteroatoms. The maximum Gasteiger partial charge on any atom is 0.413 e. The zero-order valence-corrected chi connectivity index (χ0v) is 18.3. The van der Waals surface area contributed by atoms with Crippen LogP contribution >= 0.6 is 0 Å². The van der Waals surface area contributed by atoms with E-state index in [1.165, 1.54) is 5.56 Å². The monoisotopic (exact) mass is 417 g/mol. The van der Waals surface area contributed by atoms with Crippen molar-refractivity contribution in [3.63, 3.8) is 0 Å². The van der Waals surface area contributed by atoms with Gasteiger partial charge in [0.2, 0.25) is 0 Å². The lowest BCUT2D eigenvalue weighted by Crippen LogP contribution is -2.16. The fourth-order valence-corrected chi connectivity index (χ4v) is 3.73. The first kappa shape index (κ1) is 20.7. The molecule has 0 saturated heterocycles. The Morgan fingerprint density at radius 3 is 2.65 bits per heavy atom. The minimum atomic E-state index is -0.513. The number of benzene rings is 2. The number of fused-ring (bicyclic) bond motifs is 1. The van der Waals surface area contributed by atoms with Gasteiger partial charge >= 0.3 is 6.09 Å². The van der Waals surface area contributed by atoms with Crippen LogP contribution in [0.5, 0.6) is 0 Å². The highest BCUT2D eigenvalue weighted by molar-refractivity contribution is 5.85. The second-order valence-corrected chi connectivity index (χ2v) is 7.60. The SMILES string of the molecule is CCn1nc(-c2ccc(C)cc2C)cc1NC(=O)OCc1ccc2c(c1)ncn2CC. The number of imidazole rings is 1. The van der Waals surface area contributed by atoms with Gasteiger partial charge in [0.1, 0.15) is 12.4 Å². The Morgan fingerprint density at radius 1 is 1.06 bits per heavy atom. The molecule has 4 aromatic rings. The van der Waals surface area contributed by atoms with Crippen molar-refractivity contribution in [1.82, 2.24) is 19.3 Å². The maximum atomic E-state index is 12.4. The highest BCUT2D eigenvalue weighted by atomic mass is 16.5. The number of nitrogens with one attached hydrogen (secondary N) is 1. The van der Waals surface area contributed by atoms with Crippen molar-refractivity contribution in [3.05, 3.63) is 65.5 Å². The van der Waals surface area contributed by atoms with Gasteiger partial charge in [-0.2, -0.15) is 5.10 Å². The number of hydrogen-bond donors (Lipinski definition) is 1. The largest absolute Gasteiger partial charge is 0.444 e. The molecule has 7 nitrogen and oxygen atoms in total. The van der Waals surface area contributed by atoms with Crippen molar-refractivity contribution >= 4 is 22.9 Å². The van der Waals surface area contributed by atoms with Gasteiger partial charge in [0.15, 0.2) is 0 Å². The molecule has 0 aliphatic heterocycles. The zero-order chi connectivity index (χ0) is 22.0. The Hall–Kier alpha value is -3.61. The number of carbonyl (C=O) groups excluding carboxylic acids is 1. The van der Waals surface area contributed by atoms with E-state index in [-0.39, 0.29) is 6.61 Å². The lowest BCUT2D eigenvalue weighted by atomic mass is 10.0. The van der Waals surface area contributed by atoms with Crippen molar-refractivity contribution in [2.24, 2.45) is 0 Å². The average molecular weight is 418 g/mol. The van der Waals surface area contributed by atoms with Crippen LogP contribution in [0.1, 0.15) is 30.5 Å².